The Morgan fingerprint density at radius 1 is 0.873 bits per heavy atom. The first-order valence-electron chi connectivity index (χ1n) is 18.3. The number of hydrogen-bond acceptors (Lipinski definition) is 11. The number of ketones is 1. The van der Waals surface area contributed by atoms with Gasteiger partial charge in [-0.15, -0.1) is 0 Å². The van der Waals surface area contributed by atoms with E-state index in [1.165, 1.54) is 18.2 Å². The molecule has 2 heterocycles. The molecule has 2 aromatic carbocycles. The molecule has 2 aliphatic rings. The number of carbonyl (C=O) groups is 1. The molecule has 55 heavy (non-hydrogen) atoms. The summed E-state index contributed by atoms with van der Waals surface area (Å²) < 4.78 is 107. The van der Waals surface area contributed by atoms with Crippen molar-refractivity contribution in [2.24, 2.45) is 5.92 Å². The minimum Gasteiger partial charge on any atom is -0.772 e. The van der Waals surface area contributed by atoms with E-state index in [1.54, 1.807) is 18.2 Å². The lowest BCUT2D eigenvalue weighted by Crippen LogP contribution is -2.30. The molecule has 4 atom stereocenters. The molecule has 2 aliphatic heterocycles. The molecule has 0 spiro atoms. The van der Waals surface area contributed by atoms with Crippen molar-refractivity contribution >= 4 is 66.2 Å². The van der Waals surface area contributed by atoms with Crippen LogP contribution in [0.25, 0.3) is 0 Å². The van der Waals surface area contributed by atoms with Gasteiger partial charge >= 0.3 is 0 Å². The Kier molecular flexibility index (Phi) is 15.5. The van der Waals surface area contributed by atoms with Crippen LogP contribution in [-0.4, -0.2) is 79.9 Å². The zero-order chi connectivity index (χ0) is 40.7. The normalized spacial score (nSPS) is 20.5. The van der Waals surface area contributed by atoms with E-state index in [0.29, 0.717) is 50.0 Å². The average Bonchev–Trinajstić information content (AvgIpc) is 3.45. The third-order valence-corrected chi connectivity index (χ3v) is 13.1. The summed E-state index contributed by atoms with van der Waals surface area (Å²) in [5, 5.41) is 0. The van der Waals surface area contributed by atoms with E-state index in [2.05, 4.69) is 6.92 Å². The Balaban J connectivity index is 1.72. The molecule has 0 N–H and O–H groups in total. The summed E-state index contributed by atoms with van der Waals surface area (Å²) in [6.45, 7) is 10.3. The number of hydrogen-bond donors (Lipinski definition) is 0. The van der Waals surface area contributed by atoms with Gasteiger partial charge in [-0.3, -0.25) is 17.4 Å². The van der Waals surface area contributed by atoms with Crippen LogP contribution in [0.15, 0.2) is 82.3 Å². The van der Waals surface area contributed by atoms with E-state index in [4.69, 9.17) is 0 Å². The number of benzene rings is 2. The summed E-state index contributed by atoms with van der Waals surface area (Å²) in [4.78, 5) is 14.1. The Morgan fingerprint density at radius 2 is 1.56 bits per heavy atom. The number of nitrogens with zero attached hydrogens (tertiary/aromatic N) is 2. The van der Waals surface area contributed by atoms with Crippen molar-refractivity contribution in [1.82, 2.24) is 0 Å². The fourth-order valence-electron chi connectivity index (χ4n) is 7.47. The van der Waals surface area contributed by atoms with E-state index >= 15 is 0 Å². The Morgan fingerprint density at radius 3 is 2.20 bits per heavy atom. The van der Waals surface area contributed by atoms with Gasteiger partial charge < -0.3 is 23.1 Å². The molecule has 0 aliphatic carbocycles. The molecule has 0 radical (unpaired) electrons. The maximum Gasteiger partial charge on any atom is 0.209 e. The number of rotatable bonds is 20. The van der Waals surface area contributed by atoms with Crippen LogP contribution >= 0.6 is 0 Å². The van der Waals surface area contributed by atoms with Gasteiger partial charge in [-0.25, -0.2) is 8.42 Å². The van der Waals surface area contributed by atoms with Crippen LogP contribution in [-0.2, 0) is 59.0 Å². The van der Waals surface area contributed by atoms with Gasteiger partial charge in [-0.1, -0.05) is 67.1 Å². The molecule has 302 valence electrons. The van der Waals surface area contributed by atoms with E-state index in [-0.39, 0.29) is 33.0 Å². The predicted octanol–water partition coefficient (Wildman–Crippen LogP) is 5.69. The average molecular weight is 834 g/mol. The maximum atomic E-state index is 12.2. The monoisotopic (exact) mass is 833 g/mol. The van der Waals surface area contributed by atoms with Crippen LogP contribution < -0.4 is 4.90 Å². The topological polar surface area (TPSA) is 201 Å². The summed E-state index contributed by atoms with van der Waals surface area (Å²) >= 11 is -6.94. The lowest BCUT2D eigenvalue weighted by atomic mass is 9.77. The molecule has 0 saturated carbocycles. The minimum atomic E-state index is -4.71. The number of carbonyl (C=O) groups excluding carboxylic acids is 1. The molecule has 0 aromatic heterocycles. The van der Waals surface area contributed by atoms with Gasteiger partial charge in [0.25, 0.3) is 0 Å². The van der Waals surface area contributed by atoms with Gasteiger partial charge in [-0.2, -0.15) is 4.58 Å². The van der Waals surface area contributed by atoms with Crippen molar-refractivity contribution in [3.05, 3.63) is 83.6 Å². The van der Waals surface area contributed by atoms with Crippen molar-refractivity contribution < 1.29 is 48.6 Å². The first-order chi connectivity index (χ1) is 25.8. The second-order valence-electron chi connectivity index (χ2n) is 14.9. The van der Waals surface area contributed by atoms with Crippen molar-refractivity contribution in [2.75, 3.05) is 29.5 Å². The maximum absolute atomic E-state index is 12.2. The van der Waals surface area contributed by atoms with E-state index in [0.717, 1.165) is 41.9 Å². The van der Waals surface area contributed by atoms with Gasteiger partial charge in [0.05, 0.1) is 10.3 Å². The van der Waals surface area contributed by atoms with Crippen LogP contribution in [0, 0.1) is 5.92 Å². The summed E-state index contributed by atoms with van der Waals surface area (Å²) in [6, 6.07) is 9.19. The fraction of sp³-hybridized carbons (Fsp3) is 0.487. The molecule has 2 aromatic rings. The molecular formula is C39H49N2O10S4-3. The van der Waals surface area contributed by atoms with Crippen LogP contribution in [0.5, 0.6) is 0 Å². The number of anilines is 1. The molecular weight excluding hydrogens is 785 g/mol. The van der Waals surface area contributed by atoms with Crippen LogP contribution in [0.3, 0.4) is 0 Å². The number of Topliss-reactive ketones (excluding diaryl/α,β-unsaturated/α-hetero) is 1. The van der Waals surface area contributed by atoms with Crippen molar-refractivity contribution in [3.63, 3.8) is 0 Å². The molecule has 16 heteroatoms. The quantitative estimate of drug-likeness (QED) is 0.0522. The van der Waals surface area contributed by atoms with Gasteiger partial charge in [0.15, 0.2) is 5.71 Å². The molecule has 4 rings (SSSR count). The molecule has 4 unspecified atom stereocenters. The predicted molar refractivity (Wildman–Crippen MR) is 212 cm³/mol. The molecule has 0 bridgehead atoms. The largest absolute Gasteiger partial charge is 0.772 e. The highest BCUT2D eigenvalue weighted by Gasteiger charge is 2.45. The first kappa shape index (κ1) is 44.8. The Labute approximate surface area is 332 Å². The van der Waals surface area contributed by atoms with Gasteiger partial charge in [-0.05, 0) is 93.1 Å². The van der Waals surface area contributed by atoms with Crippen molar-refractivity contribution in [2.45, 2.75) is 100 Å². The van der Waals surface area contributed by atoms with Crippen molar-refractivity contribution in [1.29, 1.82) is 0 Å². The lowest BCUT2D eigenvalue weighted by Gasteiger charge is -2.31. The molecule has 12 nitrogen and oxygen atoms in total. The zero-order valence-electron chi connectivity index (χ0n) is 31.8. The highest BCUT2D eigenvalue weighted by atomic mass is 32.2. The Hall–Kier alpha value is -2.96. The van der Waals surface area contributed by atoms with Crippen LogP contribution in [0.2, 0.25) is 0 Å². The number of unbranched alkanes of at least 4 members (excludes halogenated alkanes) is 2. The Bertz CT molecular complexity index is 2070. The smallest absolute Gasteiger partial charge is 0.209 e. The highest BCUT2D eigenvalue weighted by Crippen LogP contribution is 2.51. The van der Waals surface area contributed by atoms with Crippen LogP contribution in [0.1, 0.15) is 90.7 Å². The SMILES string of the molecule is CC(C)C(=O)CCCCCC1(C)C(=CC=CC=CC2=[N+](CCCS(=O)[O-])c3ccc(S(=O)(=O)[O-])cc3C2(C)C)N(CCCS(=O)[O-])c2ccc(S(=O)[O-])cc21. The second kappa shape index (κ2) is 19.0. The van der Waals surface area contributed by atoms with Gasteiger partial charge in [0.2, 0.25) is 5.69 Å². The van der Waals surface area contributed by atoms with E-state index < -0.39 is 54.2 Å². The van der Waals surface area contributed by atoms with Gasteiger partial charge in [0, 0.05) is 76.2 Å². The summed E-state index contributed by atoms with van der Waals surface area (Å²) in [5.74, 6) is 0.0851. The van der Waals surface area contributed by atoms with Crippen LogP contribution in [0.4, 0.5) is 11.4 Å². The summed E-state index contributed by atoms with van der Waals surface area (Å²) in [6.07, 6.45) is 13.4. The minimum absolute atomic E-state index is 0.0271. The third kappa shape index (κ3) is 10.9. The van der Waals surface area contributed by atoms with Gasteiger partial charge in [0.1, 0.15) is 22.4 Å². The fourth-order valence-corrected chi connectivity index (χ4v) is 9.09. The number of allylic oxidation sites excluding steroid dienone is 6. The summed E-state index contributed by atoms with van der Waals surface area (Å²) in [7, 11) is -4.71. The first-order valence-corrected chi connectivity index (χ1v) is 23.2. The van der Waals surface area contributed by atoms with E-state index in [9.17, 15) is 44.1 Å². The second-order valence-corrected chi connectivity index (χ2v) is 19.2. The molecule has 0 saturated heterocycles. The zero-order valence-corrected chi connectivity index (χ0v) is 35.1. The molecule has 0 fully saturated rings. The van der Waals surface area contributed by atoms with E-state index in [1.807, 2.05) is 67.6 Å². The summed E-state index contributed by atoms with van der Waals surface area (Å²) in [5.41, 5.74) is 3.19. The third-order valence-electron chi connectivity index (χ3n) is 10.4. The highest BCUT2D eigenvalue weighted by molar-refractivity contribution is 7.85. The van der Waals surface area contributed by atoms with Crippen molar-refractivity contribution in [3.8, 4) is 0 Å². The molecule has 0 amide bonds. The lowest BCUT2D eigenvalue weighted by molar-refractivity contribution is -0.437. The standard InChI is InChI=1S/C39H52N2O10S4/c1-28(2)35(42)14-8-7-11-21-39(5)32-26-29(54(47)48)17-19-34(32)41(23-13-25-53(45)46)37(39)16-10-6-9-15-36-38(3,4)31-27-30(55(49,50)51)18-20-33(31)40(36)22-12-24-52(43)44/h6,9-10,15-20,26-28H,7-8,11-14,21-25H2,1-5H3,(H3-,43,44,45,46,47,48,49,50,51)/p-3. The number of fused-ring (bicyclic) bond motifs is 2.